The molecule has 0 bridgehead atoms. The summed E-state index contributed by atoms with van der Waals surface area (Å²) in [5.74, 6) is -1.39. The molecule has 0 heterocycles. The summed E-state index contributed by atoms with van der Waals surface area (Å²) in [6.45, 7) is 7.97. The number of ether oxygens (including phenoxy) is 1. The van der Waals surface area contributed by atoms with Crippen molar-refractivity contribution in [2.24, 2.45) is 0 Å². The number of nitrogens with zero attached hydrogens (tertiary/aromatic N) is 1. The van der Waals surface area contributed by atoms with E-state index in [1.54, 1.807) is 24.3 Å². The lowest BCUT2D eigenvalue weighted by Crippen LogP contribution is -2.34. The number of halogens is 1. The molecule has 0 atom stereocenters. The van der Waals surface area contributed by atoms with Crippen LogP contribution in [0.25, 0.3) is 11.1 Å². The number of carboxylic acids is 1. The standard InChI is InChI=1S/C29H31FN2O4/c1-5-13-36-25-15-19(9-10-21(25)17-31)22-11-12-23(28(34)35)26(27(22)33)32-29(3,4)16-20-8-7-18(6-2)14-24(20)30/h7-12,14-15,32-33H,5-6,13,16H2,1-4H3,(H,34,35). The Bertz CT molecular complexity index is 1310. The molecule has 0 unspecified atom stereocenters. The van der Waals surface area contributed by atoms with Crippen LogP contribution in [-0.4, -0.2) is 28.3 Å². The molecule has 0 aromatic heterocycles. The van der Waals surface area contributed by atoms with Crippen LogP contribution in [0.1, 0.15) is 61.2 Å². The zero-order valence-corrected chi connectivity index (χ0v) is 21.0. The van der Waals surface area contributed by atoms with Crippen molar-refractivity contribution >= 4 is 11.7 Å². The summed E-state index contributed by atoms with van der Waals surface area (Å²) in [6, 6.07) is 15.1. The predicted octanol–water partition coefficient (Wildman–Crippen LogP) is 6.55. The van der Waals surface area contributed by atoms with Crippen molar-refractivity contribution in [1.82, 2.24) is 0 Å². The summed E-state index contributed by atoms with van der Waals surface area (Å²) in [5, 5.41) is 33.5. The number of carboxylic acid groups (broad SMARTS) is 1. The Kier molecular flexibility index (Phi) is 8.21. The van der Waals surface area contributed by atoms with Gasteiger partial charge in [-0.1, -0.05) is 32.0 Å². The maximum Gasteiger partial charge on any atom is 0.337 e. The number of rotatable bonds is 10. The molecule has 7 heteroatoms. The minimum absolute atomic E-state index is 0.0379. The number of nitrogens with one attached hydrogen (secondary N) is 1. The maximum absolute atomic E-state index is 14.7. The molecule has 188 valence electrons. The van der Waals surface area contributed by atoms with Gasteiger partial charge in [0.05, 0.1) is 23.4 Å². The summed E-state index contributed by atoms with van der Waals surface area (Å²) >= 11 is 0. The molecule has 0 aliphatic rings. The number of phenolic OH excluding ortho intramolecular Hbond substituents is 1. The van der Waals surface area contributed by atoms with Crippen molar-refractivity contribution in [2.45, 2.75) is 52.5 Å². The zero-order valence-electron chi connectivity index (χ0n) is 21.0. The molecule has 0 spiro atoms. The van der Waals surface area contributed by atoms with Gasteiger partial charge in [0.1, 0.15) is 23.4 Å². The highest BCUT2D eigenvalue weighted by Crippen LogP contribution is 2.41. The van der Waals surface area contributed by atoms with E-state index in [9.17, 15) is 24.7 Å². The van der Waals surface area contributed by atoms with Crippen molar-refractivity contribution in [1.29, 1.82) is 5.26 Å². The highest BCUT2D eigenvalue weighted by molar-refractivity contribution is 5.98. The Morgan fingerprint density at radius 2 is 1.89 bits per heavy atom. The fourth-order valence-electron chi connectivity index (χ4n) is 4.06. The number of aromatic hydroxyl groups is 1. The second-order valence-electron chi connectivity index (χ2n) is 9.33. The molecule has 36 heavy (non-hydrogen) atoms. The smallest absolute Gasteiger partial charge is 0.337 e. The Labute approximate surface area is 211 Å². The molecule has 3 aromatic carbocycles. The second-order valence-corrected chi connectivity index (χ2v) is 9.33. The molecular formula is C29H31FN2O4. The first-order chi connectivity index (χ1) is 17.1. The fourth-order valence-corrected chi connectivity index (χ4v) is 4.06. The minimum Gasteiger partial charge on any atom is -0.505 e. The fraction of sp³-hybridized carbons (Fsp3) is 0.310. The highest BCUT2D eigenvalue weighted by Gasteiger charge is 2.26. The Balaban J connectivity index is 2.02. The maximum atomic E-state index is 14.7. The molecular weight excluding hydrogens is 459 g/mol. The van der Waals surface area contributed by atoms with Gasteiger partial charge < -0.3 is 20.3 Å². The molecule has 3 rings (SSSR count). The molecule has 0 fully saturated rings. The summed E-state index contributed by atoms with van der Waals surface area (Å²) in [4.78, 5) is 12.0. The highest BCUT2D eigenvalue weighted by atomic mass is 19.1. The lowest BCUT2D eigenvalue weighted by Gasteiger charge is -2.30. The van der Waals surface area contributed by atoms with Crippen molar-refractivity contribution in [3.8, 4) is 28.7 Å². The molecule has 3 N–H and O–H groups in total. The van der Waals surface area contributed by atoms with Gasteiger partial charge in [-0.05, 0) is 80.1 Å². The average molecular weight is 491 g/mol. The van der Waals surface area contributed by atoms with Gasteiger partial charge in [-0.15, -0.1) is 0 Å². The molecule has 0 saturated carbocycles. The summed E-state index contributed by atoms with van der Waals surface area (Å²) < 4.78 is 20.4. The number of hydrogen-bond donors (Lipinski definition) is 3. The van der Waals surface area contributed by atoms with Crippen molar-refractivity contribution < 1.29 is 24.1 Å². The molecule has 6 nitrogen and oxygen atoms in total. The first-order valence-electron chi connectivity index (χ1n) is 11.9. The lowest BCUT2D eigenvalue weighted by molar-refractivity contribution is 0.0697. The average Bonchev–Trinajstić information content (AvgIpc) is 2.84. The van der Waals surface area contributed by atoms with Crippen LogP contribution in [0.2, 0.25) is 0 Å². The van der Waals surface area contributed by atoms with Crippen LogP contribution in [0.3, 0.4) is 0 Å². The van der Waals surface area contributed by atoms with Crippen LogP contribution in [0.4, 0.5) is 10.1 Å². The van der Waals surface area contributed by atoms with Crippen molar-refractivity contribution in [3.63, 3.8) is 0 Å². The number of hydrogen-bond acceptors (Lipinski definition) is 5. The third kappa shape index (κ3) is 5.95. The second kappa shape index (κ2) is 11.1. The van der Waals surface area contributed by atoms with Gasteiger partial charge in [-0.3, -0.25) is 0 Å². The number of benzene rings is 3. The summed E-state index contributed by atoms with van der Waals surface area (Å²) in [6.07, 6.45) is 1.75. The third-order valence-corrected chi connectivity index (χ3v) is 5.90. The van der Waals surface area contributed by atoms with E-state index in [0.29, 0.717) is 34.6 Å². The topological polar surface area (TPSA) is 103 Å². The van der Waals surface area contributed by atoms with Crippen LogP contribution >= 0.6 is 0 Å². The number of aryl methyl sites for hydroxylation is 1. The number of phenols is 1. The predicted molar refractivity (Wildman–Crippen MR) is 138 cm³/mol. The van der Waals surface area contributed by atoms with E-state index >= 15 is 0 Å². The first-order valence-corrected chi connectivity index (χ1v) is 11.9. The van der Waals surface area contributed by atoms with Gasteiger partial charge in [-0.2, -0.15) is 5.26 Å². The normalized spacial score (nSPS) is 11.1. The molecule has 0 aliphatic heterocycles. The van der Waals surface area contributed by atoms with Gasteiger partial charge in [-0.25, -0.2) is 9.18 Å². The summed E-state index contributed by atoms with van der Waals surface area (Å²) in [7, 11) is 0. The van der Waals surface area contributed by atoms with Gasteiger partial charge >= 0.3 is 5.97 Å². The number of nitriles is 1. The zero-order chi connectivity index (χ0) is 26.5. The van der Waals surface area contributed by atoms with Gasteiger partial charge in [0.2, 0.25) is 0 Å². The van der Waals surface area contributed by atoms with E-state index in [2.05, 4.69) is 11.4 Å². The third-order valence-electron chi connectivity index (χ3n) is 5.90. The van der Waals surface area contributed by atoms with E-state index in [4.69, 9.17) is 4.74 Å². The molecule has 0 saturated heterocycles. The van der Waals surface area contributed by atoms with E-state index in [0.717, 1.165) is 18.4 Å². The lowest BCUT2D eigenvalue weighted by atomic mass is 9.92. The van der Waals surface area contributed by atoms with Crippen LogP contribution in [0, 0.1) is 17.1 Å². The Hall–Kier alpha value is -4.05. The van der Waals surface area contributed by atoms with Crippen LogP contribution in [0.5, 0.6) is 11.5 Å². The van der Waals surface area contributed by atoms with Gasteiger partial charge in [0.25, 0.3) is 0 Å². The van der Waals surface area contributed by atoms with Crippen LogP contribution < -0.4 is 10.1 Å². The van der Waals surface area contributed by atoms with E-state index < -0.39 is 11.5 Å². The first kappa shape index (κ1) is 26.6. The number of aromatic carboxylic acids is 1. The quantitative estimate of drug-likeness (QED) is 0.278. The Morgan fingerprint density at radius 3 is 2.50 bits per heavy atom. The van der Waals surface area contributed by atoms with Crippen molar-refractivity contribution in [2.75, 3.05) is 11.9 Å². The molecule has 0 aliphatic carbocycles. The summed E-state index contributed by atoms with van der Waals surface area (Å²) in [5.41, 5.74) is 1.82. The monoisotopic (exact) mass is 490 g/mol. The molecule has 0 amide bonds. The van der Waals surface area contributed by atoms with E-state index in [1.807, 2.05) is 33.8 Å². The van der Waals surface area contributed by atoms with Crippen LogP contribution in [-0.2, 0) is 12.8 Å². The number of carbonyl (C=O) groups is 1. The molecule has 3 aromatic rings. The van der Waals surface area contributed by atoms with Gasteiger partial charge in [0.15, 0.2) is 0 Å². The van der Waals surface area contributed by atoms with Crippen LogP contribution in [0.15, 0.2) is 48.5 Å². The van der Waals surface area contributed by atoms with Gasteiger partial charge in [0, 0.05) is 11.1 Å². The van der Waals surface area contributed by atoms with E-state index in [1.165, 1.54) is 18.2 Å². The van der Waals surface area contributed by atoms with E-state index in [-0.39, 0.29) is 29.2 Å². The largest absolute Gasteiger partial charge is 0.505 e. The molecule has 0 radical (unpaired) electrons. The van der Waals surface area contributed by atoms with Crippen molar-refractivity contribution in [3.05, 3.63) is 76.6 Å². The minimum atomic E-state index is -1.21. The SMILES string of the molecule is CCCOc1cc(-c2ccc(C(=O)O)c(NC(C)(C)Cc3ccc(CC)cc3F)c2O)ccc1C#N. The Morgan fingerprint density at radius 1 is 1.14 bits per heavy atom. The number of anilines is 1.